The first-order chi connectivity index (χ1) is 12.3. The summed E-state index contributed by atoms with van der Waals surface area (Å²) in [6.07, 6.45) is 2.21. The molecule has 2 rings (SSSR count). The van der Waals surface area contributed by atoms with E-state index < -0.39 is 17.8 Å². The first-order valence-electron chi connectivity index (χ1n) is 9.73. The molecular formula is C18H32BFN2O4. The molecule has 0 spiro atoms. The van der Waals surface area contributed by atoms with E-state index in [1.54, 1.807) is 4.90 Å². The van der Waals surface area contributed by atoms with E-state index in [0.29, 0.717) is 25.9 Å². The molecule has 0 unspecified atom stereocenters. The number of likely N-dealkylation sites (tertiary alicyclic amines) is 2. The van der Waals surface area contributed by atoms with Crippen molar-refractivity contribution < 1.29 is 23.5 Å². The second kappa shape index (κ2) is 9.06. The number of alkyl halides is 1. The molecule has 26 heavy (non-hydrogen) atoms. The molecule has 2 atom stereocenters. The molecule has 6 nitrogen and oxygen atoms in total. The Hall–Kier alpha value is -1.31. The van der Waals surface area contributed by atoms with Crippen LogP contribution in [0.3, 0.4) is 0 Å². The van der Waals surface area contributed by atoms with Crippen molar-refractivity contribution in [1.82, 2.24) is 9.80 Å². The van der Waals surface area contributed by atoms with Gasteiger partial charge in [0.15, 0.2) is 0 Å². The summed E-state index contributed by atoms with van der Waals surface area (Å²) in [5.41, 5.74) is -0.462. The van der Waals surface area contributed by atoms with Gasteiger partial charge in [0, 0.05) is 32.1 Å². The molecule has 0 radical (unpaired) electrons. The zero-order valence-corrected chi connectivity index (χ0v) is 16.5. The van der Waals surface area contributed by atoms with Gasteiger partial charge in [-0.05, 0) is 33.1 Å². The van der Waals surface area contributed by atoms with Gasteiger partial charge in [0.05, 0.1) is 7.11 Å². The molecule has 148 valence electrons. The van der Waals surface area contributed by atoms with Gasteiger partial charge in [-0.15, -0.1) is 0 Å². The molecule has 2 saturated heterocycles. The Labute approximate surface area is 156 Å². The number of halogens is 1. The summed E-state index contributed by atoms with van der Waals surface area (Å²) in [7, 11) is 2.41. The Kier molecular flexibility index (Phi) is 7.32. The van der Waals surface area contributed by atoms with Crippen molar-refractivity contribution in [2.75, 3.05) is 26.7 Å². The number of hydrogen-bond donors (Lipinski definition) is 0. The van der Waals surface area contributed by atoms with Gasteiger partial charge in [0.2, 0.25) is 0 Å². The van der Waals surface area contributed by atoms with Crippen LogP contribution in [0.5, 0.6) is 0 Å². The molecule has 8 heteroatoms. The normalized spacial score (nSPS) is 25.2. The Balaban J connectivity index is 1.86. The molecule has 2 aliphatic heterocycles. The van der Waals surface area contributed by atoms with E-state index in [1.807, 2.05) is 18.7 Å². The van der Waals surface area contributed by atoms with Crippen molar-refractivity contribution in [3.63, 3.8) is 0 Å². The highest BCUT2D eigenvalue weighted by Crippen LogP contribution is 2.29. The van der Waals surface area contributed by atoms with Crippen LogP contribution in [0.4, 0.5) is 9.18 Å². The highest BCUT2D eigenvalue weighted by Gasteiger charge is 2.42. The topological polar surface area (TPSA) is 59.1 Å². The van der Waals surface area contributed by atoms with Gasteiger partial charge in [-0.25, -0.2) is 9.18 Å². The van der Waals surface area contributed by atoms with E-state index in [9.17, 15) is 14.0 Å². The zero-order chi connectivity index (χ0) is 19.3. The maximum absolute atomic E-state index is 13.8. The summed E-state index contributed by atoms with van der Waals surface area (Å²) in [6.45, 7) is 7.40. The summed E-state index contributed by atoms with van der Waals surface area (Å²) in [4.78, 5) is 28.0. The van der Waals surface area contributed by atoms with Crippen LogP contribution in [0.15, 0.2) is 0 Å². The van der Waals surface area contributed by atoms with E-state index in [4.69, 9.17) is 9.47 Å². The van der Waals surface area contributed by atoms with E-state index in [2.05, 4.69) is 6.82 Å². The van der Waals surface area contributed by atoms with Crippen molar-refractivity contribution in [1.29, 1.82) is 0 Å². The number of carbonyl (C=O) groups is 2. The number of ether oxygens (including phenoxy) is 2. The molecule has 0 saturated carbocycles. The van der Waals surface area contributed by atoms with Gasteiger partial charge in [0.25, 0.3) is 0 Å². The number of carbonyl (C=O) groups excluding carboxylic acids is 2. The van der Waals surface area contributed by atoms with Crippen LogP contribution in [0.1, 0.15) is 39.5 Å². The number of hydrogen-bond acceptors (Lipinski definition) is 5. The van der Waals surface area contributed by atoms with Crippen LogP contribution in [-0.4, -0.2) is 79.7 Å². The number of nitrogens with zero attached hydrogens (tertiary/aromatic N) is 2. The van der Waals surface area contributed by atoms with E-state index in [-0.39, 0.29) is 31.1 Å². The minimum absolute atomic E-state index is 0.0944. The molecule has 0 aromatic heterocycles. The molecule has 2 aliphatic rings. The zero-order valence-electron chi connectivity index (χ0n) is 16.5. The predicted octanol–water partition coefficient (Wildman–Crippen LogP) is 2.24. The fourth-order valence-corrected chi connectivity index (χ4v) is 3.91. The summed E-state index contributed by atoms with van der Waals surface area (Å²) >= 11 is 0. The van der Waals surface area contributed by atoms with Crippen LogP contribution in [0.25, 0.3) is 0 Å². The molecule has 0 N–H and O–H groups in total. The molecule has 0 bridgehead atoms. The lowest BCUT2D eigenvalue weighted by Crippen LogP contribution is -2.51. The van der Waals surface area contributed by atoms with Crippen LogP contribution in [0, 0.1) is 0 Å². The highest BCUT2D eigenvalue weighted by molar-refractivity contribution is 6.33. The van der Waals surface area contributed by atoms with Crippen LogP contribution < -0.4 is 0 Å². The van der Waals surface area contributed by atoms with Crippen molar-refractivity contribution in [3.05, 3.63) is 0 Å². The van der Waals surface area contributed by atoms with Gasteiger partial charge >= 0.3 is 12.1 Å². The molecule has 2 fully saturated rings. The fraction of sp³-hybridized carbons (Fsp3) is 0.889. The minimum Gasteiger partial charge on any atom is -0.468 e. The third kappa shape index (κ3) is 5.35. The second-order valence-electron chi connectivity index (χ2n) is 8.02. The van der Waals surface area contributed by atoms with E-state index >= 15 is 0 Å². The molecule has 0 aliphatic carbocycles. The quantitative estimate of drug-likeness (QED) is 0.530. The van der Waals surface area contributed by atoms with Crippen LogP contribution in [-0.2, 0) is 14.3 Å². The second-order valence-corrected chi connectivity index (χ2v) is 8.02. The molecule has 0 aromatic rings. The standard InChI is InChI=1S/C18H32BFN2O4/c1-18(2,7-8-19-3)26-17(24)21-9-5-14(6-10-21)22-12-13(20)11-15(22)16(23)25-4/h13-15,19H,5-12H2,1-4H3/t13-,15-/m1/s1. The Morgan fingerprint density at radius 1 is 1.27 bits per heavy atom. The maximum Gasteiger partial charge on any atom is 0.410 e. The third-order valence-corrected chi connectivity index (χ3v) is 5.45. The maximum atomic E-state index is 13.8. The number of rotatable bonds is 6. The van der Waals surface area contributed by atoms with Crippen molar-refractivity contribution in [2.24, 2.45) is 0 Å². The molecule has 1 amide bonds. The van der Waals surface area contributed by atoms with Gasteiger partial charge in [-0.1, -0.05) is 13.1 Å². The average molecular weight is 370 g/mol. The third-order valence-electron chi connectivity index (χ3n) is 5.45. The Bertz CT molecular complexity index is 498. The van der Waals surface area contributed by atoms with Crippen molar-refractivity contribution in [2.45, 2.75) is 76.5 Å². The van der Waals surface area contributed by atoms with Crippen molar-refractivity contribution >= 4 is 19.3 Å². The van der Waals surface area contributed by atoms with Gasteiger partial charge in [-0.2, -0.15) is 0 Å². The predicted molar refractivity (Wildman–Crippen MR) is 99.6 cm³/mol. The number of esters is 1. The molecular weight excluding hydrogens is 338 g/mol. The van der Waals surface area contributed by atoms with Gasteiger partial charge in [-0.3, -0.25) is 9.69 Å². The average Bonchev–Trinajstić information content (AvgIpc) is 3.01. The summed E-state index contributed by atoms with van der Waals surface area (Å²) in [5.74, 6) is -0.371. The summed E-state index contributed by atoms with van der Waals surface area (Å²) < 4.78 is 24.3. The lowest BCUT2D eigenvalue weighted by atomic mass is 9.74. The van der Waals surface area contributed by atoms with Crippen LogP contribution in [0.2, 0.25) is 13.1 Å². The molecule has 2 heterocycles. The first kappa shape index (κ1) is 21.0. The summed E-state index contributed by atoms with van der Waals surface area (Å²) in [6, 6.07) is -0.413. The number of piperidine rings is 1. The minimum atomic E-state index is -0.999. The lowest BCUT2D eigenvalue weighted by molar-refractivity contribution is -0.147. The molecule has 0 aromatic carbocycles. The first-order valence-corrected chi connectivity index (χ1v) is 9.73. The number of methoxy groups -OCH3 is 1. The largest absolute Gasteiger partial charge is 0.468 e. The number of amides is 1. The van der Waals surface area contributed by atoms with Crippen molar-refractivity contribution in [3.8, 4) is 0 Å². The van der Waals surface area contributed by atoms with Gasteiger partial charge in [0.1, 0.15) is 25.1 Å². The lowest BCUT2D eigenvalue weighted by Gasteiger charge is -2.39. The fourth-order valence-electron chi connectivity index (χ4n) is 3.91. The SMILES string of the molecule is CBCCC(C)(C)OC(=O)N1CCC(N2C[C@H](F)C[C@@H]2C(=O)OC)CC1. The van der Waals surface area contributed by atoms with E-state index in [1.165, 1.54) is 7.11 Å². The Morgan fingerprint density at radius 3 is 2.50 bits per heavy atom. The Morgan fingerprint density at radius 2 is 1.92 bits per heavy atom. The smallest absolute Gasteiger partial charge is 0.410 e. The summed E-state index contributed by atoms with van der Waals surface area (Å²) in [5, 5.41) is 0. The monoisotopic (exact) mass is 370 g/mol. The van der Waals surface area contributed by atoms with Crippen LogP contribution >= 0.6 is 0 Å². The van der Waals surface area contributed by atoms with E-state index in [0.717, 1.165) is 20.0 Å². The highest BCUT2D eigenvalue weighted by atomic mass is 19.1. The van der Waals surface area contributed by atoms with Gasteiger partial charge < -0.3 is 14.4 Å².